The van der Waals surface area contributed by atoms with Gasteiger partial charge in [0.2, 0.25) is 0 Å². The van der Waals surface area contributed by atoms with Crippen LogP contribution in [0.3, 0.4) is 0 Å². The molecule has 3 rings (SSSR count). The van der Waals surface area contributed by atoms with Crippen molar-refractivity contribution in [1.82, 2.24) is 0 Å². The Hall–Kier alpha value is -2.14. The van der Waals surface area contributed by atoms with E-state index in [2.05, 4.69) is 25.3 Å². The molecule has 0 aromatic carbocycles. The monoisotopic (exact) mass is 358 g/mol. The van der Waals surface area contributed by atoms with E-state index in [1.807, 2.05) is 6.08 Å². The molecule has 0 saturated carbocycles. The zero-order valence-corrected chi connectivity index (χ0v) is 14.9. The third-order valence-corrected chi connectivity index (χ3v) is 5.49. The second kappa shape index (κ2) is 8.04. The van der Waals surface area contributed by atoms with Gasteiger partial charge in [-0.25, -0.2) is 4.79 Å². The second-order valence-electron chi connectivity index (χ2n) is 7.28. The van der Waals surface area contributed by atoms with Gasteiger partial charge in [0.05, 0.1) is 12.5 Å². The summed E-state index contributed by atoms with van der Waals surface area (Å²) < 4.78 is 11.0. The van der Waals surface area contributed by atoms with Crippen molar-refractivity contribution in [3.63, 3.8) is 0 Å². The van der Waals surface area contributed by atoms with E-state index in [9.17, 15) is 14.7 Å². The lowest BCUT2D eigenvalue weighted by molar-refractivity contribution is -0.161. The lowest BCUT2D eigenvalue weighted by Crippen LogP contribution is -2.38. The number of carbonyl (C=O) groups excluding carboxylic acids is 2. The van der Waals surface area contributed by atoms with Crippen molar-refractivity contribution in [3.05, 3.63) is 48.6 Å². The van der Waals surface area contributed by atoms with Crippen LogP contribution in [-0.4, -0.2) is 35.4 Å². The SMILES string of the molecule is C=CC(=O)O[C@H]1CCC=C2C=CC(=C)C(CC[C@@H]3C[C@@H](O)CC(=O)O3)[C@H]21. The number of allylic oxidation sites excluding steroid dienone is 4. The summed E-state index contributed by atoms with van der Waals surface area (Å²) in [5.74, 6) is -0.562. The molecule has 1 fully saturated rings. The summed E-state index contributed by atoms with van der Waals surface area (Å²) >= 11 is 0. The van der Waals surface area contributed by atoms with Crippen LogP contribution in [0, 0.1) is 11.8 Å². The third kappa shape index (κ3) is 4.15. The first kappa shape index (κ1) is 18.6. The molecule has 0 aromatic heterocycles. The van der Waals surface area contributed by atoms with E-state index in [0.717, 1.165) is 24.8 Å². The molecular weight excluding hydrogens is 332 g/mol. The van der Waals surface area contributed by atoms with Crippen molar-refractivity contribution < 1.29 is 24.2 Å². The summed E-state index contributed by atoms with van der Waals surface area (Å²) in [5.41, 5.74) is 2.17. The average Bonchev–Trinajstić information content (AvgIpc) is 2.60. The average molecular weight is 358 g/mol. The highest BCUT2D eigenvalue weighted by molar-refractivity contribution is 5.81. The molecule has 1 N–H and O–H groups in total. The first-order valence-corrected chi connectivity index (χ1v) is 9.25. The summed E-state index contributed by atoms with van der Waals surface area (Å²) in [7, 11) is 0. The third-order valence-electron chi connectivity index (χ3n) is 5.49. The maximum absolute atomic E-state index is 11.7. The van der Waals surface area contributed by atoms with Crippen molar-refractivity contribution in [1.29, 1.82) is 0 Å². The molecule has 0 aromatic rings. The molecule has 0 bridgehead atoms. The highest BCUT2D eigenvalue weighted by Gasteiger charge is 2.39. The number of hydrogen-bond donors (Lipinski definition) is 1. The first-order chi connectivity index (χ1) is 12.5. The van der Waals surface area contributed by atoms with Crippen molar-refractivity contribution >= 4 is 11.9 Å². The fourth-order valence-electron chi connectivity index (χ4n) is 4.27. The van der Waals surface area contributed by atoms with Gasteiger partial charge >= 0.3 is 11.9 Å². The Labute approximate surface area is 154 Å². The van der Waals surface area contributed by atoms with Gasteiger partial charge in [-0.15, -0.1) is 0 Å². The highest BCUT2D eigenvalue weighted by Crippen LogP contribution is 2.43. The van der Waals surface area contributed by atoms with Crippen LogP contribution in [0.2, 0.25) is 0 Å². The van der Waals surface area contributed by atoms with Crippen molar-refractivity contribution in [2.24, 2.45) is 11.8 Å². The number of hydrogen-bond acceptors (Lipinski definition) is 5. The topological polar surface area (TPSA) is 72.8 Å². The second-order valence-corrected chi connectivity index (χ2v) is 7.28. The first-order valence-electron chi connectivity index (χ1n) is 9.25. The fraction of sp³-hybridized carbons (Fsp3) is 0.524. The van der Waals surface area contributed by atoms with E-state index in [1.165, 1.54) is 11.6 Å². The van der Waals surface area contributed by atoms with Crippen LogP contribution in [-0.2, 0) is 19.1 Å². The quantitative estimate of drug-likeness (QED) is 0.604. The number of cyclic esters (lactones) is 1. The fourth-order valence-corrected chi connectivity index (χ4v) is 4.27. The number of aliphatic hydroxyl groups excluding tert-OH is 1. The van der Waals surface area contributed by atoms with Crippen LogP contribution in [0.25, 0.3) is 0 Å². The van der Waals surface area contributed by atoms with Gasteiger partial charge in [0.25, 0.3) is 0 Å². The molecule has 5 heteroatoms. The molecule has 5 nitrogen and oxygen atoms in total. The summed E-state index contributed by atoms with van der Waals surface area (Å²) in [4.78, 5) is 23.3. The number of carbonyl (C=O) groups is 2. The number of esters is 2. The van der Waals surface area contributed by atoms with E-state index in [4.69, 9.17) is 9.47 Å². The normalized spacial score (nSPS) is 33.7. The zero-order chi connectivity index (χ0) is 18.7. The summed E-state index contributed by atoms with van der Waals surface area (Å²) in [6.45, 7) is 7.67. The summed E-state index contributed by atoms with van der Waals surface area (Å²) in [6.07, 6.45) is 10.0. The highest BCUT2D eigenvalue weighted by atomic mass is 16.5. The van der Waals surface area contributed by atoms with Crippen LogP contribution in [0.5, 0.6) is 0 Å². The molecule has 2 aliphatic carbocycles. The van der Waals surface area contributed by atoms with E-state index < -0.39 is 12.1 Å². The molecular formula is C21H26O5. The smallest absolute Gasteiger partial charge is 0.330 e. The van der Waals surface area contributed by atoms with Crippen LogP contribution < -0.4 is 0 Å². The number of ether oxygens (including phenoxy) is 2. The van der Waals surface area contributed by atoms with Crippen molar-refractivity contribution in [3.8, 4) is 0 Å². The Bertz CT molecular complexity index is 659. The molecule has 140 valence electrons. The van der Waals surface area contributed by atoms with E-state index >= 15 is 0 Å². The van der Waals surface area contributed by atoms with Gasteiger partial charge < -0.3 is 14.6 Å². The molecule has 1 heterocycles. The molecule has 0 amide bonds. The lowest BCUT2D eigenvalue weighted by atomic mass is 9.68. The maximum Gasteiger partial charge on any atom is 0.330 e. The van der Waals surface area contributed by atoms with E-state index in [0.29, 0.717) is 12.8 Å². The molecule has 5 atom stereocenters. The van der Waals surface area contributed by atoms with Crippen LogP contribution >= 0.6 is 0 Å². The Morgan fingerprint density at radius 1 is 1.38 bits per heavy atom. The van der Waals surface area contributed by atoms with Gasteiger partial charge in [0.15, 0.2) is 0 Å². The van der Waals surface area contributed by atoms with Gasteiger partial charge in [0, 0.05) is 18.4 Å². The Kier molecular flexibility index (Phi) is 5.77. The van der Waals surface area contributed by atoms with E-state index in [-0.39, 0.29) is 36.4 Å². The minimum Gasteiger partial charge on any atom is -0.462 e. The Morgan fingerprint density at radius 3 is 2.92 bits per heavy atom. The molecule has 1 saturated heterocycles. The number of fused-ring (bicyclic) bond motifs is 1. The standard InChI is InChI=1S/C21H26O5/c1-3-19(23)26-18-6-4-5-14-8-7-13(2)17(21(14)18)10-9-16-11-15(22)12-20(24)25-16/h3,5,7-8,15-18,21-22H,1-2,4,6,9-12H2/t15-,16-,17?,18+,21+/m1/s1. The molecule has 1 aliphatic heterocycles. The predicted octanol–water partition coefficient (Wildman–Crippen LogP) is 3.01. The maximum atomic E-state index is 11.7. The Morgan fingerprint density at radius 2 is 2.19 bits per heavy atom. The summed E-state index contributed by atoms with van der Waals surface area (Å²) in [5, 5.41) is 9.79. The molecule has 3 aliphatic rings. The van der Waals surface area contributed by atoms with E-state index in [1.54, 1.807) is 0 Å². The Balaban J connectivity index is 1.72. The van der Waals surface area contributed by atoms with Gasteiger partial charge in [-0.1, -0.05) is 37.0 Å². The van der Waals surface area contributed by atoms with Crippen molar-refractivity contribution in [2.45, 2.75) is 56.8 Å². The number of rotatable bonds is 5. The lowest BCUT2D eigenvalue weighted by Gasteiger charge is -2.40. The van der Waals surface area contributed by atoms with Crippen LogP contribution in [0.1, 0.15) is 38.5 Å². The van der Waals surface area contributed by atoms with Crippen LogP contribution in [0.15, 0.2) is 48.6 Å². The predicted molar refractivity (Wildman–Crippen MR) is 97.0 cm³/mol. The van der Waals surface area contributed by atoms with Gasteiger partial charge in [-0.2, -0.15) is 0 Å². The molecule has 0 spiro atoms. The molecule has 1 unspecified atom stereocenters. The minimum atomic E-state index is -0.623. The minimum absolute atomic E-state index is 0.0642. The number of aliphatic hydroxyl groups is 1. The van der Waals surface area contributed by atoms with Crippen molar-refractivity contribution in [2.75, 3.05) is 0 Å². The summed E-state index contributed by atoms with van der Waals surface area (Å²) in [6, 6.07) is 0. The molecule has 26 heavy (non-hydrogen) atoms. The molecule has 0 radical (unpaired) electrons. The zero-order valence-electron chi connectivity index (χ0n) is 14.9. The van der Waals surface area contributed by atoms with Gasteiger partial charge in [-0.3, -0.25) is 4.79 Å². The van der Waals surface area contributed by atoms with Gasteiger partial charge in [-0.05, 0) is 37.2 Å². The largest absolute Gasteiger partial charge is 0.462 e. The van der Waals surface area contributed by atoms with Gasteiger partial charge in [0.1, 0.15) is 12.2 Å². The van der Waals surface area contributed by atoms with Crippen LogP contribution in [0.4, 0.5) is 0 Å².